The second-order valence-corrected chi connectivity index (χ2v) is 6.81. The van der Waals surface area contributed by atoms with Crippen LogP contribution in [0.25, 0.3) is 0 Å². The molecule has 1 aliphatic rings. The van der Waals surface area contributed by atoms with Gasteiger partial charge < -0.3 is 20.3 Å². The summed E-state index contributed by atoms with van der Waals surface area (Å²) in [5.41, 5.74) is 0.477. The molecule has 148 valence electrons. The number of rotatable bonds is 7. The van der Waals surface area contributed by atoms with Gasteiger partial charge in [0.05, 0.1) is 7.11 Å². The van der Waals surface area contributed by atoms with Crippen molar-refractivity contribution in [1.82, 2.24) is 15.5 Å². The molecule has 1 aliphatic heterocycles. The van der Waals surface area contributed by atoms with Crippen LogP contribution in [-0.2, 0) is 9.59 Å². The molecular formula is C20H29N3O4. The summed E-state index contributed by atoms with van der Waals surface area (Å²) >= 11 is 0. The molecule has 0 saturated carbocycles. The predicted molar refractivity (Wildman–Crippen MR) is 103 cm³/mol. The van der Waals surface area contributed by atoms with Crippen LogP contribution < -0.4 is 15.4 Å². The Morgan fingerprint density at radius 3 is 2.33 bits per heavy atom. The summed E-state index contributed by atoms with van der Waals surface area (Å²) in [5, 5.41) is 5.78. The molecule has 1 saturated heterocycles. The summed E-state index contributed by atoms with van der Waals surface area (Å²) in [4.78, 5) is 38.6. The highest BCUT2D eigenvalue weighted by atomic mass is 16.5. The molecule has 1 atom stereocenters. The molecule has 2 N–H and O–H groups in total. The third-order valence-electron chi connectivity index (χ3n) is 4.93. The molecule has 0 radical (unpaired) electrons. The fourth-order valence-electron chi connectivity index (χ4n) is 3.27. The largest absolute Gasteiger partial charge is 0.497 e. The van der Waals surface area contributed by atoms with E-state index in [0.29, 0.717) is 43.8 Å². The Hall–Kier alpha value is -2.57. The average molecular weight is 375 g/mol. The number of methoxy groups -OCH3 is 1. The zero-order chi connectivity index (χ0) is 19.8. The van der Waals surface area contributed by atoms with E-state index >= 15 is 0 Å². The third-order valence-corrected chi connectivity index (χ3v) is 4.93. The predicted octanol–water partition coefficient (Wildman–Crippen LogP) is 1.58. The van der Waals surface area contributed by atoms with Gasteiger partial charge in [0.25, 0.3) is 5.91 Å². The summed E-state index contributed by atoms with van der Waals surface area (Å²) in [7, 11) is 1.57. The zero-order valence-electron chi connectivity index (χ0n) is 16.3. The molecule has 1 fully saturated rings. The minimum Gasteiger partial charge on any atom is -0.497 e. The maximum absolute atomic E-state index is 12.7. The number of piperidine rings is 1. The maximum atomic E-state index is 12.7. The van der Waals surface area contributed by atoms with Gasteiger partial charge >= 0.3 is 0 Å². The van der Waals surface area contributed by atoms with Crippen LogP contribution in [0.5, 0.6) is 5.75 Å². The Kier molecular flexibility index (Phi) is 7.64. The monoisotopic (exact) mass is 375 g/mol. The molecule has 0 unspecified atom stereocenters. The Labute approximate surface area is 160 Å². The van der Waals surface area contributed by atoms with Gasteiger partial charge in [0.2, 0.25) is 11.8 Å². The number of nitrogens with one attached hydrogen (secondary N) is 2. The zero-order valence-corrected chi connectivity index (χ0v) is 16.3. The number of carbonyl (C=O) groups is 3. The van der Waals surface area contributed by atoms with Crippen molar-refractivity contribution < 1.29 is 19.1 Å². The van der Waals surface area contributed by atoms with Crippen LogP contribution in [0.3, 0.4) is 0 Å². The van der Waals surface area contributed by atoms with Gasteiger partial charge in [0.1, 0.15) is 11.8 Å². The molecule has 1 aromatic carbocycles. The van der Waals surface area contributed by atoms with Crippen LogP contribution in [0, 0.1) is 5.92 Å². The van der Waals surface area contributed by atoms with Crippen molar-refractivity contribution in [3.05, 3.63) is 29.8 Å². The van der Waals surface area contributed by atoms with Crippen LogP contribution >= 0.6 is 0 Å². The number of carbonyl (C=O) groups excluding carboxylic acids is 3. The van der Waals surface area contributed by atoms with Crippen molar-refractivity contribution in [1.29, 1.82) is 0 Å². The van der Waals surface area contributed by atoms with E-state index in [-0.39, 0.29) is 23.6 Å². The number of amides is 3. The SMILES string of the molecule is CCCNC(=O)[C@H](NC(=O)c1ccc(OC)cc1)C1CCN(C(C)=O)CC1. The van der Waals surface area contributed by atoms with Crippen molar-refractivity contribution in [3.8, 4) is 5.75 Å². The first-order chi connectivity index (χ1) is 13.0. The lowest BCUT2D eigenvalue weighted by Gasteiger charge is -2.35. The number of hydrogen-bond donors (Lipinski definition) is 2. The minimum atomic E-state index is -0.611. The molecule has 3 amide bonds. The molecule has 7 nitrogen and oxygen atoms in total. The van der Waals surface area contributed by atoms with Crippen molar-refractivity contribution in [3.63, 3.8) is 0 Å². The van der Waals surface area contributed by atoms with E-state index in [2.05, 4.69) is 10.6 Å². The Morgan fingerprint density at radius 1 is 1.19 bits per heavy atom. The molecule has 1 heterocycles. The first-order valence-electron chi connectivity index (χ1n) is 9.44. The van der Waals surface area contributed by atoms with Gasteiger partial charge in [-0.25, -0.2) is 0 Å². The number of nitrogens with zero attached hydrogens (tertiary/aromatic N) is 1. The number of benzene rings is 1. The van der Waals surface area contributed by atoms with Gasteiger partial charge in [-0.3, -0.25) is 14.4 Å². The first-order valence-corrected chi connectivity index (χ1v) is 9.44. The highest BCUT2D eigenvalue weighted by molar-refractivity contribution is 5.97. The van der Waals surface area contributed by atoms with Crippen molar-refractivity contribution >= 4 is 17.7 Å². The number of likely N-dealkylation sites (tertiary alicyclic amines) is 1. The van der Waals surface area contributed by atoms with Gasteiger partial charge in [-0.2, -0.15) is 0 Å². The smallest absolute Gasteiger partial charge is 0.251 e. The third kappa shape index (κ3) is 5.70. The minimum absolute atomic E-state index is 0.000320. The maximum Gasteiger partial charge on any atom is 0.251 e. The molecule has 1 aromatic rings. The lowest BCUT2D eigenvalue weighted by Crippen LogP contribution is -2.53. The normalized spacial score (nSPS) is 15.7. The lowest BCUT2D eigenvalue weighted by atomic mass is 9.88. The van der Waals surface area contributed by atoms with E-state index in [1.54, 1.807) is 43.2 Å². The number of hydrogen-bond acceptors (Lipinski definition) is 4. The fourth-order valence-corrected chi connectivity index (χ4v) is 3.27. The van der Waals surface area contributed by atoms with Crippen LogP contribution in [0.2, 0.25) is 0 Å². The Balaban J connectivity index is 2.08. The van der Waals surface area contributed by atoms with Crippen LogP contribution in [-0.4, -0.2) is 55.4 Å². The molecule has 0 aromatic heterocycles. The molecule has 7 heteroatoms. The van der Waals surface area contributed by atoms with Gasteiger partial charge in [-0.05, 0) is 49.4 Å². The molecule has 0 spiro atoms. The fraction of sp³-hybridized carbons (Fsp3) is 0.550. The summed E-state index contributed by atoms with van der Waals surface area (Å²) in [6.45, 7) is 5.32. The highest BCUT2D eigenvalue weighted by Gasteiger charge is 2.33. The van der Waals surface area contributed by atoms with E-state index in [1.165, 1.54) is 0 Å². The highest BCUT2D eigenvalue weighted by Crippen LogP contribution is 2.22. The first kappa shape index (κ1) is 20.7. The van der Waals surface area contributed by atoms with Gasteiger partial charge in [0, 0.05) is 32.1 Å². The van der Waals surface area contributed by atoms with Gasteiger partial charge in [-0.1, -0.05) is 6.92 Å². The van der Waals surface area contributed by atoms with Crippen molar-refractivity contribution in [2.45, 2.75) is 39.2 Å². The second kappa shape index (κ2) is 9.94. The van der Waals surface area contributed by atoms with E-state index in [9.17, 15) is 14.4 Å². The van der Waals surface area contributed by atoms with E-state index in [1.807, 2.05) is 6.92 Å². The summed E-state index contributed by atoms with van der Waals surface area (Å²) in [5.74, 6) is 0.256. The molecule has 0 aliphatic carbocycles. The molecule has 27 heavy (non-hydrogen) atoms. The summed E-state index contributed by atoms with van der Waals surface area (Å²) < 4.78 is 5.11. The lowest BCUT2D eigenvalue weighted by molar-refractivity contribution is -0.130. The van der Waals surface area contributed by atoms with E-state index < -0.39 is 6.04 Å². The molecular weight excluding hydrogens is 346 g/mol. The van der Waals surface area contributed by atoms with Crippen molar-refractivity contribution in [2.75, 3.05) is 26.7 Å². The summed E-state index contributed by atoms with van der Waals surface area (Å²) in [6, 6.07) is 6.17. The molecule has 2 rings (SSSR count). The van der Waals surface area contributed by atoms with Crippen LogP contribution in [0.1, 0.15) is 43.5 Å². The second-order valence-electron chi connectivity index (χ2n) is 6.81. The van der Waals surface area contributed by atoms with E-state index in [0.717, 1.165) is 6.42 Å². The van der Waals surface area contributed by atoms with E-state index in [4.69, 9.17) is 4.74 Å². The van der Waals surface area contributed by atoms with Gasteiger partial charge in [-0.15, -0.1) is 0 Å². The van der Waals surface area contributed by atoms with Crippen LogP contribution in [0.15, 0.2) is 24.3 Å². The molecule has 0 bridgehead atoms. The average Bonchev–Trinajstić information content (AvgIpc) is 2.70. The van der Waals surface area contributed by atoms with Crippen molar-refractivity contribution in [2.24, 2.45) is 5.92 Å². The number of ether oxygens (including phenoxy) is 1. The summed E-state index contributed by atoms with van der Waals surface area (Å²) in [6.07, 6.45) is 2.20. The Bertz CT molecular complexity index is 652. The Morgan fingerprint density at radius 2 is 1.81 bits per heavy atom. The van der Waals surface area contributed by atoms with Gasteiger partial charge in [0.15, 0.2) is 0 Å². The standard InChI is InChI=1S/C20H29N3O4/c1-4-11-21-20(26)18(15-9-12-23(13-10-15)14(2)24)22-19(25)16-5-7-17(27-3)8-6-16/h5-8,15,18H,4,9-13H2,1-3H3,(H,21,26)(H,22,25)/t18-/m1/s1. The topological polar surface area (TPSA) is 87.7 Å². The quantitative estimate of drug-likeness (QED) is 0.757. The van der Waals surface area contributed by atoms with Crippen LogP contribution in [0.4, 0.5) is 0 Å².